The lowest BCUT2D eigenvalue weighted by Crippen LogP contribution is -2.42. The molecule has 0 saturated carbocycles. The van der Waals surface area contributed by atoms with E-state index in [1.54, 1.807) is 0 Å². The Balaban J connectivity index is 1.90. The molecular formula is C14H16N2O. The highest BCUT2D eigenvalue weighted by Crippen LogP contribution is 2.22. The lowest BCUT2D eigenvalue weighted by molar-refractivity contribution is 0.178. The molecule has 0 aliphatic carbocycles. The first kappa shape index (κ1) is 10.7. The zero-order valence-electron chi connectivity index (χ0n) is 9.73. The molecule has 2 aromatic rings. The minimum absolute atomic E-state index is 0.185. The first-order chi connectivity index (χ1) is 8.25. The van der Waals surface area contributed by atoms with Crippen LogP contribution in [0.4, 0.5) is 0 Å². The van der Waals surface area contributed by atoms with Gasteiger partial charge in [-0.2, -0.15) is 0 Å². The molecular weight excluding hydrogens is 212 g/mol. The molecule has 0 amide bonds. The lowest BCUT2D eigenvalue weighted by Gasteiger charge is -2.21. The summed E-state index contributed by atoms with van der Waals surface area (Å²) in [6.07, 6.45) is 3.63. The van der Waals surface area contributed by atoms with E-state index in [-0.39, 0.29) is 5.54 Å². The molecule has 1 saturated heterocycles. The van der Waals surface area contributed by atoms with Crippen molar-refractivity contribution in [3.8, 4) is 0 Å². The first-order valence-corrected chi connectivity index (χ1v) is 5.96. The molecule has 1 aromatic heterocycles. The highest BCUT2D eigenvalue weighted by atomic mass is 16.5. The Labute approximate surface area is 101 Å². The fourth-order valence-electron chi connectivity index (χ4n) is 2.40. The van der Waals surface area contributed by atoms with Crippen molar-refractivity contribution in [3.05, 3.63) is 42.1 Å². The third-order valence-corrected chi connectivity index (χ3v) is 3.36. The number of hydrogen-bond donors (Lipinski definition) is 1. The molecule has 1 aromatic carbocycles. The van der Waals surface area contributed by atoms with Gasteiger partial charge in [0, 0.05) is 23.7 Å². The Morgan fingerprint density at radius 1 is 1.35 bits per heavy atom. The second kappa shape index (κ2) is 4.09. The summed E-state index contributed by atoms with van der Waals surface area (Å²) in [4.78, 5) is 4.32. The molecule has 3 nitrogen and oxygen atoms in total. The number of ether oxygens (including phenoxy) is 1. The predicted molar refractivity (Wildman–Crippen MR) is 67.8 cm³/mol. The summed E-state index contributed by atoms with van der Waals surface area (Å²) in [5, 5.41) is 1.17. The van der Waals surface area contributed by atoms with E-state index in [0.717, 1.165) is 25.0 Å². The standard InChI is InChI=1S/C14H16N2O/c15-14(5-7-17-10-14)9-11-3-4-13-12(8-11)2-1-6-16-13/h1-4,6,8H,5,7,9-10,15H2. The van der Waals surface area contributed by atoms with Crippen molar-refractivity contribution < 1.29 is 4.74 Å². The molecule has 2 N–H and O–H groups in total. The highest BCUT2D eigenvalue weighted by Gasteiger charge is 2.30. The number of fused-ring (bicyclic) bond motifs is 1. The maximum atomic E-state index is 6.29. The summed E-state index contributed by atoms with van der Waals surface area (Å²) >= 11 is 0. The van der Waals surface area contributed by atoms with Gasteiger partial charge in [-0.3, -0.25) is 4.98 Å². The van der Waals surface area contributed by atoms with Crippen molar-refractivity contribution in [1.29, 1.82) is 0 Å². The monoisotopic (exact) mass is 228 g/mol. The fraction of sp³-hybridized carbons (Fsp3) is 0.357. The molecule has 1 unspecified atom stereocenters. The van der Waals surface area contributed by atoms with E-state index in [1.807, 2.05) is 12.3 Å². The smallest absolute Gasteiger partial charge is 0.0702 e. The number of hydrogen-bond acceptors (Lipinski definition) is 3. The molecule has 0 spiro atoms. The van der Waals surface area contributed by atoms with Crippen LogP contribution in [0, 0.1) is 0 Å². The minimum atomic E-state index is -0.185. The van der Waals surface area contributed by atoms with E-state index in [2.05, 4.69) is 29.2 Å². The molecule has 17 heavy (non-hydrogen) atoms. The van der Waals surface area contributed by atoms with Crippen LogP contribution < -0.4 is 5.73 Å². The summed E-state index contributed by atoms with van der Waals surface area (Å²) in [6, 6.07) is 10.4. The second-order valence-electron chi connectivity index (χ2n) is 4.87. The number of benzene rings is 1. The Kier molecular flexibility index (Phi) is 2.57. The van der Waals surface area contributed by atoms with Crippen molar-refractivity contribution in [2.24, 2.45) is 5.73 Å². The highest BCUT2D eigenvalue weighted by molar-refractivity contribution is 5.78. The van der Waals surface area contributed by atoms with Gasteiger partial charge in [0.1, 0.15) is 0 Å². The number of aromatic nitrogens is 1. The molecule has 2 heterocycles. The van der Waals surface area contributed by atoms with E-state index in [0.29, 0.717) is 6.61 Å². The van der Waals surface area contributed by atoms with Crippen LogP contribution in [-0.4, -0.2) is 23.7 Å². The van der Waals surface area contributed by atoms with E-state index in [4.69, 9.17) is 10.5 Å². The maximum Gasteiger partial charge on any atom is 0.0702 e. The molecule has 1 aliphatic rings. The van der Waals surface area contributed by atoms with Gasteiger partial charge >= 0.3 is 0 Å². The van der Waals surface area contributed by atoms with Crippen LogP contribution in [0.15, 0.2) is 36.5 Å². The van der Waals surface area contributed by atoms with Crippen molar-refractivity contribution in [1.82, 2.24) is 4.98 Å². The SMILES string of the molecule is NC1(Cc2ccc3ncccc3c2)CCOC1. The van der Waals surface area contributed by atoms with Gasteiger partial charge in [-0.25, -0.2) is 0 Å². The Morgan fingerprint density at radius 2 is 2.29 bits per heavy atom. The average Bonchev–Trinajstić information content (AvgIpc) is 2.76. The Bertz CT molecular complexity index is 532. The molecule has 1 aliphatic heterocycles. The summed E-state index contributed by atoms with van der Waals surface area (Å²) in [6.45, 7) is 1.45. The second-order valence-corrected chi connectivity index (χ2v) is 4.87. The minimum Gasteiger partial charge on any atom is -0.379 e. The summed E-state index contributed by atoms with van der Waals surface area (Å²) in [5.74, 6) is 0. The van der Waals surface area contributed by atoms with Gasteiger partial charge in [-0.05, 0) is 36.6 Å². The summed E-state index contributed by atoms with van der Waals surface area (Å²) < 4.78 is 5.38. The van der Waals surface area contributed by atoms with Gasteiger partial charge in [-0.1, -0.05) is 12.1 Å². The van der Waals surface area contributed by atoms with Gasteiger partial charge in [0.25, 0.3) is 0 Å². The van der Waals surface area contributed by atoms with Crippen LogP contribution in [0.1, 0.15) is 12.0 Å². The van der Waals surface area contributed by atoms with Crippen molar-refractivity contribution in [2.75, 3.05) is 13.2 Å². The Hall–Kier alpha value is -1.45. The topological polar surface area (TPSA) is 48.1 Å². The summed E-state index contributed by atoms with van der Waals surface area (Å²) in [5.41, 5.74) is 8.40. The van der Waals surface area contributed by atoms with Gasteiger partial charge in [0.15, 0.2) is 0 Å². The average molecular weight is 228 g/mol. The van der Waals surface area contributed by atoms with Crippen molar-refractivity contribution >= 4 is 10.9 Å². The normalized spacial score (nSPS) is 24.3. The maximum absolute atomic E-state index is 6.29. The predicted octanol–water partition coefficient (Wildman–Crippen LogP) is 1.90. The van der Waals surface area contributed by atoms with Crippen LogP contribution >= 0.6 is 0 Å². The molecule has 1 atom stereocenters. The van der Waals surface area contributed by atoms with Crippen LogP contribution in [0.25, 0.3) is 10.9 Å². The molecule has 0 radical (unpaired) electrons. The molecule has 1 fully saturated rings. The lowest BCUT2D eigenvalue weighted by atomic mass is 9.91. The largest absolute Gasteiger partial charge is 0.379 e. The van der Waals surface area contributed by atoms with Crippen molar-refractivity contribution in [2.45, 2.75) is 18.4 Å². The van der Waals surface area contributed by atoms with E-state index in [9.17, 15) is 0 Å². The van der Waals surface area contributed by atoms with Crippen LogP contribution in [0.5, 0.6) is 0 Å². The van der Waals surface area contributed by atoms with Gasteiger partial charge < -0.3 is 10.5 Å². The van der Waals surface area contributed by atoms with Gasteiger partial charge in [-0.15, -0.1) is 0 Å². The third kappa shape index (κ3) is 2.16. The van der Waals surface area contributed by atoms with Crippen LogP contribution in [0.2, 0.25) is 0 Å². The van der Waals surface area contributed by atoms with Crippen molar-refractivity contribution in [3.63, 3.8) is 0 Å². The zero-order chi connectivity index (χ0) is 11.7. The summed E-state index contributed by atoms with van der Waals surface area (Å²) in [7, 11) is 0. The molecule has 88 valence electrons. The van der Waals surface area contributed by atoms with E-state index >= 15 is 0 Å². The zero-order valence-corrected chi connectivity index (χ0v) is 9.73. The number of nitrogens with two attached hydrogens (primary N) is 1. The molecule has 3 heteroatoms. The van der Waals surface area contributed by atoms with Gasteiger partial charge in [0.2, 0.25) is 0 Å². The quantitative estimate of drug-likeness (QED) is 0.854. The van der Waals surface area contributed by atoms with E-state index in [1.165, 1.54) is 10.9 Å². The first-order valence-electron chi connectivity index (χ1n) is 5.96. The number of pyridine rings is 1. The molecule has 3 rings (SSSR count). The third-order valence-electron chi connectivity index (χ3n) is 3.36. The number of nitrogens with zero attached hydrogens (tertiary/aromatic N) is 1. The van der Waals surface area contributed by atoms with E-state index < -0.39 is 0 Å². The number of rotatable bonds is 2. The Morgan fingerprint density at radius 3 is 3.12 bits per heavy atom. The van der Waals surface area contributed by atoms with Gasteiger partial charge in [0.05, 0.1) is 12.1 Å². The molecule has 0 bridgehead atoms. The van der Waals surface area contributed by atoms with Crippen LogP contribution in [-0.2, 0) is 11.2 Å². The van der Waals surface area contributed by atoms with Crippen LogP contribution in [0.3, 0.4) is 0 Å². The fourth-order valence-corrected chi connectivity index (χ4v) is 2.40.